The third kappa shape index (κ3) is 2.11. The Morgan fingerprint density at radius 3 is 2.82 bits per heavy atom. The minimum absolute atomic E-state index is 0.0658. The molecule has 0 saturated carbocycles. The van der Waals surface area contributed by atoms with E-state index in [2.05, 4.69) is 5.10 Å². The highest BCUT2D eigenvalue weighted by Gasteiger charge is 2.15. The number of halogens is 1. The Bertz CT molecular complexity index is 560. The number of nitrogens with zero attached hydrogens (tertiary/aromatic N) is 2. The number of aromatic nitrogens is 2. The molecule has 0 amide bonds. The lowest BCUT2D eigenvalue weighted by Crippen LogP contribution is -2.02. The van der Waals surface area contributed by atoms with Gasteiger partial charge in [0.05, 0.1) is 17.5 Å². The summed E-state index contributed by atoms with van der Waals surface area (Å²) in [6.45, 7) is 4.05. The van der Waals surface area contributed by atoms with Gasteiger partial charge in [0.2, 0.25) is 0 Å². The second-order valence-corrected chi connectivity index (χ2v) is 3.79. The summed E-state index contributed by atoms with van der Waals surface area (Å²) in [5.74, 6) is -0.384. The first-order valence-corrected chi connectivity index (χ1v) is 5.46. The SMILES string of the molecule is CCn1ncc(C(C)=O)c1-c1cccc(F)c1. The Labute approximate surface area is 98.9 Å². The van der Waals surface area contributed by atoms with E-state index in [1.54, 1.807) is 16.8 Å². The highest BCUT2D eigenvalue weighted by Crippen LogP contribution is 2.24. The van der Waals surface area contributed by atoms with E-state index >= 15 is 0 Å². The minimum Gasteiger partial charge on any atom is -0.294 e. The van der Waals surface area contributed by atoms with Crippen LogP contribution in [0.4, 0.5) is 4.39 Å². The monoisotopic (exact) mass is 232 g/mol. The number of carbonyl (C=O) groups is 1. The summed E-state index contributed by atoms with van der Waals surface area (Å²) >= 11 is 0. The average molecular weight is 232 g/mol. The van der Waals surface area contributed by atoms with E-state index in [0.29, 0.717) is 23.4 Å². The molecule has 0 unspecified atom stereocenters. The maximum Gasteiger partial charge on any atom is 0.163 e. The van der Waals surface area contributed by atoms with Crippen LogP contribution < -0.4 is 0 Å². The van der Waals surface area contributed by atoms with Crippen LogP contribution in [-0.2, 0) is 6.54 Å². The van der Waals surface area contributed by atoms with E-state index in [1.165, 1.54) is 25.3 Å². The molecule has 3 nitrogen and oxygen atoms in total. The van der Waals surface area contributed by atoms with Crippen molar-refractivity contribution >= 4 is 5.78 Å². The Hall–Kier alpha value is -1.97. The van der Waals surface area contributed by atoms with Gasteiger partial charge in [0, 0.05) is 12.1 Å². The van der Waals surface area contributed by atoms with Crippen molar-refractivity contribution in [2.75, 3.05) is 0 Å². The molecule has 0 saturated heterocycles. The fourth-order valence-electron chi connectivity index (χ4n) is 1.82. The Morgan fingerprint density at radius 1 is 1.47 bits per heavy atom. The molecule has 0 N–H and O–H groups in total. The molecule has 0 spiro atoms. The second kappa shape index (κ2) is 4.49. The zero-order valence-electron chi connectivity index (χ0n) is 9.77. The minimum atomic E-state index is -0.319. The summed E-state index contributed by atoms with van der Waals surface area (Å²) in [5, 5.41) is 4.14. The topological polar surface area (TPSA) is 34.9 Å². The van der Waals surface area contributed by atoms with Crippen LogP contribution in [0.3, 0.4) is 0 Å². The van der Waals surface area contributed by atoms with Crippen molar-refractivity contribution in [3.63, 3.8) is 0 Å². The molecule has 1 heterocycles. The predicted molar refractivity (Wildman–Crippen MR) is 63.3 cm³/mol. The van der Waals surface area contributed by atoms with Gasteiger partial charge in [-0.05, 0) is 26.0 Å². The lowest BCUT2D eigenvalue weighted by Gasteiger charge is -2.06. The van der Waals surface area contributed by atoms with Crippen molar-refractivity contribution in [2.45, 2.75) is 20.4 Å². The molecular formula is C13H13FN2O. The number of rotatable bonds is 3. The molecule has 88 valence electrons. The van der Waals surface area contributed by atoms with Crippen LogP contribution in [0.5, 0.6) is 0 Å². The van der Waals surface area contributed by atoms with Crippen LogP contribution in [-0.4, -0.2) is 15.6 Å². The molecule has 0 fully saturated rings. The highest BCUT2D eigenvalue weighted by molar-refractivity contribution is 5.99. The fourth-order valence-corrected chi connectivity index (χ4v) is 1.82. The number of hydrogen-bond acceptors (Lipinski definition) is 2. The first kappa shape index (κ1) is 11.5. The number of ketones is 1. The number of Topliss-reactive ketones (excluding diaryl/α,β-unsaturated/α-hetero) is 1. The lowest BCUT2D eigenvalue weighted by molar-refractivity contribution is 0.101. The lowest BCUT2D eigenvalue weighted by atomic mass is 10.1. The summed E-state index contributed by atoms with van der Waals surface area (Å²) in [6.07, 6.45) is 1.53. The van der Waals surface area contributed by atoms with Gasteiger partial charge >= 0.3 is 0 Å². The largest absolute Gasteiger partial charge is 0.294 e. The molecule has 0 aliphatic carbocycles. The summed E-state index contributed by atoms with van der Waals surface area (Å²) in [7, 11) is 0. The molecule has 1 aromatic carbocycles. The van der Waals surface area contributed by atoms with Crippen molar-refractivity contribution in [3.8, 4) is 11.3 Å². The number of hydrogen-bond donors (Lipinski definition) is 0. The molecule has 0 bridgehead atoms. The van der Waals surface area contributed by atoms with Gasteiger partial charge in [0.15, 0.2) is 5.78 Å². The first-order chi connectivity index (χ1) is 8.13. The molecule has 2 rings (SSSR count). The van der Waals surface area contributed by atoms with Gasteiger partial charge in [-0.15, -0.1) is 0 Å². The van der Waals surface area contributed by atoms with E-state index in [9.17, 15) is 9.18 Å². The van der Waals surface area contributed by atoms with E-state index in [1.807, 2.05) is 6.92 Å². The Kier molecular flexibility index (Phi) is 3.04. The van der Waals surface area contributed by atoms with E-state index in [4.69, 9.17) is 0 Å². The van der Waals surface area contributed by atoms with E-state index in [-0.39, 0.29) is 11.6 Å². The van der Waals surface area contributed by atoms with Crippen molar-refractivity contribution in [1.82, 2.24) is 9.78 Å². The maximum absolute atomic E-state index is 13.2. The molecule has 2 aromatic rings. The maximum atomic E-state index is 13.2. The predicted octanol–water partition coefficient (Wildman–Crippen LogP) is 2.91. The summed E-state index contributed by atoms with van der Waals surface area (Å²) in [5.41, 5.74) is 1.88. The summed E-state index contributed by atoms with van der Waals surface area (Å²) in [4.78, 5) is 11.5. The van der Waals surface area contributed by atoms with Crippen molar-refractivity contribution in [1.29, 1.82) is 0 Å². The zero-order chi connectivity index (χ0) is 12.4. The van der Waals surface area contributed by atoms with E-state index < -0.39 is 0 Å². The van der Waals surface area contributed by atoms with Crippen molar-refractivity contribution < 1.29 is 9.18 Å². The normalized spacial score (nSPS) is 10.5. The second-order valence-electron chi connectivity index (χ2n) is 3.79. The van der Waals surface area contributed by atoms with Gasteiger partial charge in [-0.2, -0.15) is 5.10 Å². The van der Waals surface area contributed by atoms with Gasteiger partial charge in [0.25, 0.3) is 0 Å². The van der Waals surface area contributed by atoms with E-state index in [0.717, 1.165) is 0 Å². The van der Waals surface area contributed by atoms with Crippen molar-refractivity contribution in [3.05, 3.63) is 41.8 Å². The molecule has 4 heteroatoms. The van der Waals surface area contributed by atoms with Crippen LogP contribution in [0.15, 0.2) is 30.5 Å². The van der Waals surface area contributed by atoms with Crippen LogP contribution >= 0.6 is 0 Å². The van der Waals surface area contributed by atoms with Gasteiger partial charge in [0.1, 0.15) is 5.82 Å². The molecule has 0 aliphatic heterocycles. The number of carbonyl (C=O) groups excluding carboxylic acids is 1. The number of aryl methyl sites for hydroxylation is 1. The van der Waals surface area contributed by atoms with Gasteiger partial charge < -0.3 is 0 Å². The quantitative estimate of drug-likeness (QED) is 0.762. The third-order valence-corrected chi connectivity index (χ3v) is 2.62. The van der Waals surface area contributed by atoms with Crippen LogP contribution in [0.2, 0.25) is 0 Å². The van der Waals surface area contributed by atoms with Gasteiger partial charge in [-0.1, -0.05) is 12.1 Å². The molecule has 17 heavy (non-hydrogen) atoms. The van der Waals surface area contributed by atoms with Gasteiger partial charge in [-0.3, -0.25) is 9.48 Å². The Balaban J connectivity index is 2.64. The average Bonchev–Trinajstić information content (AvgIpc) is 2.72. The number of benzene rings is 1. The smallest absolute Gasteiger partial charge is 0.163 e. The Morgan fingerprint density at radius 2 is 2.24 bits per heavy atom. The highest BCUT2D eigenvalue weighted by atomic mass is 19.1. The zero-order valence-corrected chi connectivity index (χ0v) is 9.77. The third-order valence-electron chi connectivity index (χ3n) is 2.62. The molecule has 0 aliphatic rings. The fraction of sp³-hybridized carbons (Fsp3) is 0.231. The summed E-state index contributed by atoms with van der Waals surface area (Å²) < 4.78 is 14.9. The van der Waals surface area contributed by atoms with Crippen LogP contribution in [0.1, 0.15) is 24.2 Å². The molecule has 0 radical (unpaired) electrons. The van der Waals surface area contributed by atoms with Crippen LogP contribution in [0, 0.1) is 5.82 Å². The van der Waals surface area contributed by atoms with Gasteiger partial charge in [-0.25, -0.2) is 4.39 Å². The first-order valence-electron chi connectivity index (χ1n) is 5.46. The van der Waals surface area contributed by atoms with Crippen molar-refractivity contribution in [2.24, 2.45) is 0 Å². The standard InChI is InChI=1S/C13H13FN2O/c1-3-16-13(12(8-15-16)9(2)17)10-5-4-6-11(14)7-10/h4-8H,3H2,1-2H3. The molecule has 1 aromatic heterocycles. The summed E-state index contributed by atoms with van der Waals surface area (Å²) in [6, 6.07) is 6.19. The molecule has 0 atom stereocenters. The molecular weight excluding hydrogens is 219 g/mol. The van der Waals surface area contributed by atoms with Crippen LogP contribution in [0.25, 0.3) is 11.3 Å².